The zero-order chi connectivity index (χ0) is 12.8. The summed E-state index contributed by atoms with van der Waals surface area (Å²) in [5, 5.41) is 13.5. The maximum absolute atomic E-state index is 10.3. The lowest BCUT2D eigenvalue weighted by Gasteiger charge is -2.39. The summed E-state index contributed by atoms with van der Waals surface area (Å²) < 4.78 is 0. The van der Waals surface area contributed by atoms with E-state index in [1.54, 1.807) is 0 Å². The summed E-state index contributed by atoms with van der Waals surface area (Å²) in [6.45, 7) is 3.56. The number of likely N-dealkylation sites (tertiary alicyclic amines) is 1. The molecule has 1 aliphatic heterocycles. The van der Waals surface area contributed by atoms with Gasteiger partial charge in [0.05, 0.1) is 6.10 Å². The molecule has 0 aromatic carbocycles. The predicted molar refractivity (Wildman–Crippen MR) is 75.7 cm³/mol. The molecule has 2 unspecified atom stereocenters. The molecule has 0 radical (unpaired) electrons. The van der Waals surface area contributed by atoms with E-state index in [-0.39, 0.29) is 6.10 Å². The molecule has 106 valence electrons. The SMILES string of the molecule is CNCCC1CCN(C2CCCCCC2O)CC1. The largest absolute Gasteiger partial charge is 0.391 e. The highest BCUT2D eigenvalue weighted by atomic mass is 16.3. The molecule has 18 heavy (non-hydrogen) atoms. The van der Waals surface area contributed by atoms with Crippen LogP contribution in [0.2, 0.25) is 0 Å². The van der Waals surface area contributed by atoms with Gasteiger partial charge in [-0.15, -0.1) is 0 Å². The van der Waals surface area contributed by atoms with Crippen LogP contribution in [0.1, 0.15) is 51.4 Å². The van der Waals surface area contributed by atoms with Crippen LogP contribution in [0.3, 0.4) is 0 Å². The third-order valence-corrected chi connectivity index (χ3v) is 4.86. The van der Waals surface area contributed by atoms with Crippen LogP contribution in [0.4, 0.5) is 0 Å². The standard InChI is InChI=1S/C15H30N2O/c1-16-10-7-13-8-11-17(12-9-13)14-5-3-2-4-6-15(14)18/h13-16,18H,2-12H2,1H3. The van der Waals surface area contributed by atoms with E-state index >= 15 is 0 Å². The Bertz CT molecular complexity index is 227. The topological polar surface area (TPSA) is 35.5 Å². The Hall–Kier alpha value is -0.120. The summed E-state index contributed by atoms with van der Waals surface area (Å²) in [6.07, 6.45) is 9.96. The van der Waals surface area contributed by atoms with Gasteiger partial charge in [0, 0.05) is 6.04 Å². The molecule has 2 atom stereocenters. The molecule has 2 fully saturated rings. The molecule has 1 aliphatic carbocycles. The van der Waals surface area contributed by atoms with E-state index in [4.69, 9.17) is 0 Å². The highest BCUT2D eigenvalue weighted by Crippen LogP contribution is 2.27. The number of rotatable bonds is 4. The lowest BCUT2D eigenvalue weighted by molar-refractivity contribution is 0.0244. The van der Waals surface area contributed by atoms with Crippen LogP contribution in [0, 0.1) is 5.92 Å². The Morgan fingerprint density at radius 3 is 2.50 bits per heavy atom. The van der Waals surface area contributed by atoms with Crippen LogP contribution in [0.5, 0.6) is 0 Å². The molecule has 3 heteroatoms. The van der Waals surface area contributed by atoms with Gasteiger partial charge in [0.15, 0.2) is 0 Å². The summed E-state index contributed by atoms with van der Waals surface area (Å²) in [7, 11) is 2.04. The minimum atomic E-state index is -0.0682. The lowest BCUT2D eigenvalue weighted by Crippen LogP contribution is -2.47. The number of aliphatic hydroxyl groups is 1. The van der Waals surface area contributed by atoms with Gasteiger partial charge in [0.25, 0.3) is 0 Å². The Balaban J connectivity index is 1.77. The van der Waals surface area contributed by atoms with Gasteiger partial charge < -0.3 is 10.4 Å². The van der Waals surface area contributed by atoms with Crippen molar-refractivity contribution >= 4 is 0 Å². The second-order valence-electron chi connectivity index (χ2n) is 6.14. The average molecular weight is 254 g/mol. The highest BCUT2D eigenvalue weighted by Gasteiger charge is 2.30. The first-order chi connectivity index (χ1) is 8.81. The molecule has 0 aromatic heterocycles. The molecular weight excluding hydrogens is 224 g/mol. The fourth-order valence-corrected chi connectivity index (χ4v) is 3.62. The van der Waals surface area contributed by atoms with Gasteiger partial charge in [-0.05, 0) is 64.7 Å². The number of hydrogen-bond acceptors (Lipinski definition) is 3. The maximum atomic E-state index is 10.3. The van der Waals surface area contributed by atoms with Gasteiger partial charge >= 0.3 is 0 Å². The van der Waals surface area contributed by atoms with Crippen LogP contribution >= 0.6 is 0 Å². The van der Waals surface area contributed by atoms with Crippen molar-refractivity contribution in [3.63, 3.8) is 0 Å². The Morgan fingerprint density at radius 2 is 1.78 bits per heavy atom. The van der Waals surface area contributed by atoms with Crippen LogP contribution in [-0.2, 0) is 0 Å². The van der Waals surface area contributed by atoms with E-state index in [1.165, 1.54) is 58.0 Å². The Kier molecular flexibility index (Phi) is 5.93. The smallest absolute Gasteiger partial charge is 0.0695 e. The zero-order valence-corrected chi connectivity index (χ0v) is 11.9. The second-order valence-corrected chi connectivity index (χ2v) is 6.14. The lowest BCUT2D eigenvalue weighted by atomic mass is 9.91. The van der Waals surface area contributed by atoms with Crippen LogP contribution in [0.25, 0.3) is 0 Å². The minimum absolute atomic E-state index is 0.0682. The maximum Gasteiger partial charge on any atom is 0.0695 e. The van der Waals surface area contributed by atoms with E-state index < -0.39 is 0 Å². The van der Waals surface area contributed by atoms with Crippen molar-refractivity contribution in [3.8, 4) is 0 Å². The average Bonchev–Trinajstić information content (AvgIpc) is 2.62. The molecule has 2 N–H and O–H groups in total. The monoisotopic (exact) mass is 254 g/mol. The molecule has 0 amide bonds. The summed E-state index contributed by atoms with van der Waals surface area (Å²) >= 11 is 0. The van der Waals surface area contributed by atoms with Crippen molar-refractivity contribution in [2.24, 2.45) is 5.92 Å². The van der Waals surface area contributed by atoms with Crippen molar-refractivity contribution in [2.75, 3.05) is 26.7 Å². The molecule has 1 saturated carbocycles. The molecule has 1 heterocycles. The van der Waals surface area contributed by atoms with Gasteiger partial charge in [0.1, 0.15) is 0 Å². The van der Waals surface area contributed by atoms with Crippen LogP contribution in [0.15, 0.2) is 0 Å². The molecule has 2 rings (SSSR count). The van der Waals surface area contributed by atoms with Gasteiger partial charge in [-0.3, -0.25) is 4.90 Å². The van der Waals surface area contributed by atoms with E-state index in [0.29, 0.717) is 6.04 Å². The molecule has 1 saturated heterocycles. The highest BCUT2D eigenvalue weighted by molar-refractivity contribution is 4.85. The van der Waals surface area contributed by atoms with Gasteiger partial charge in [-0.1, -0.05) is 19.3 Å². The Labute approximate surface area is 112 Å². The third kappa shape index (κ3) is 3.94. The van der Waals surface area contributed by atoms with E-state index in [1.807, 2.05) is 7.05 Å². The van der Waals surface area contributed by atoms with Crippen molar-refractivity contribution < 1.29 is 5.11 Å². The summed E-state index contributed by atoms with van der Waals surface area (Å²) in [6, 6.07) is 0.456. The first-order valence-corrected chi connectivity index (χ1v) is 7.88. The van der Waals surface area contributed by atoms with Crippen molar-refractivity contribution in [2.45, 2.75) is 63.5 Å². The quantitative estimate of drug-likeness (QED) is 0.753. The number of aliphatic hydroxyl groups excluding tert-OH is 1. The summed E-state index contributed by atoms with van der Waals surface area (Å²) in [5.41, 5.74) is 0. The van der Waals surface area contributed by atoms with Crippen molar-refractivity contribution in [3.05, 3.63) is 0 Å². The van der Waals surface area contributed by atoms with Crippen molar-refractivity contribution in [1.29, 1.82) is 0 Å². The van der Waals surface area contributed by atoms with E-state index in [2.05, 4.69) is 10.2 Å². The molecule has 0 aromatic rings. The van der Waals surface area contributed by atoms with Crippen molar-refractivity contribution in [1.82, 2.24) is 10.2 Å². The fraction of sp³-hybridized carbons (Fsp3) is 1.00. The normalized spacial score (nSPS) is 32.3. The molecule has 0 spiro atoms. The zero-order valence-electron chi connectivity index (χ0n) is 11.9. The number of piperidine rings is 1. The number of nitrogens with one attached hydrogen (secondary N) is 1. The Morgan fingerprint density at radius 1 is 1.06 bits per heavy atom. The summed E-state index contributed by atoms with van der Waals surface area (Å²) in [4.78, 5) is 2.58. The second kappa shape index (κ2) is 7.46. The fourth-order valence-electron chi connectivity index (χ4n) is 3.62. The predicted octanol–water partition coefficient (Wildman–Crippen LogP) is 2.00. The number of hydrogen-bond donors (Lipinski definition) is 2. The number of nitrogens with zero attached hydrogens (tertiary/aromatic N) is 1. The van der Waals surface area contributed by atoms with Crippen LogP contribution in [-0.4, -0.2) is 48.8 Å². The summed E-state index contributed by atoms with van der Waals surface area (Å²) in [5.74, 6) is 0.900. The van der Waals surface area contributed by atoms with Crippen LogP contribution < -0.4 is 5.32 Å². The first kappa shape index (κ1) is 14.3. The minimum Gasteiger partial charge on any atom is -0.391 e. The van der Waals surface area contributed by atoms with E-state index in [0.717, 1.165) is 18.9 Å². The van der Waals surface area contributed by atoms with Gasteiger partial charge in [0.2, 0.25) is 0 Å². The molecular formula is C15H30N2O. The van der Waals surface area contributed by atoms with Gasteiger partial charge in [-0.2, -0.15) is 0 Å². The third-order valence-electron chi connectivity index (χ3n) is 4.86. The first-order valence-electron chi connectivity index (χ1n) is 7.88. The molecule has 3 nitrogen and oxygen atoms in total. The molecule has 2 aliphatic rings. The van der Waals surface area contributed by atoms with Gasteiger partial charge in [-0.25, -0.2) is 0 Å². The molecule has 0 bridgehead atoms. The van der Waals surface area contributed by atoms with E-state index in [9.17, 15) is 5.11 Å².